The van der Waals surface area contributed by atoms with Crippen LogP contribution in [0.15, 0.2) is 55.8 Å². The first kappa shape index (κ1) is 18.8. The van der Waals surface area contributed by atoms with Gasteiger partial charge in [0.15, 0.2) is 0 Å². The zero-order valence-corrected chi connectivity index (χ0v) is 16.2. The Morgan fingerprint density at radius 3 is 2.79 bits per heavy atom. The van der Waals surface area contributed by atoms with E-state index in [2.05, 4.69) is 20.6 Å². The Labute approximate surface area is 168 Å². The van der Waals surface area contributed by atoms with E-state index in [1.807, 2.05) is 17.5 Å². The number of aromatic amines is 1. The zero-order valence-electron chi connectivity index (χ0n) is 15.4. The Morgan fingerprint density at radius 1 is 1.24 bits per heavy atom. The number of hydrogen-bond donors (Lipinski definition) is 2. The molecule has 3 heterocycles. The minimum absolute atomic E-state index is 0.173. The van der Waals surface area contributed by atoms with Crippen LogP contribution in [0.25, 0.3) is 21.5 Å². The summed E-state index contributed by atoms with van der Waals surface area (Å²) in [7, 11) is 0. The summed E-state index contributed by atoms with van der Waals surface area (Å²) in [5.41, 5.74) is 0.181. The standard InChI is InChI=1S/C19H17N5O4S/c1-11(15-12-5-2-3-6-13(12)17(26)22-21-15)16(25)20-8-9-24-19(27)28-18(23-24)14-7-4-10-29-14/h2-7,10-11H,8-9H2,1H3,(H,20,25)(H,22,26). The molecule has 148 valence electrons. The molecule has 0 radical (unpaired) electrons. The highest BCUT2D eigenvalue weighted by Crippen LogP contribution is 2.22. The molecule has 1 unspecified atom stereocenters. The van der Waals surface area contributed by atoms with Crippen molar-refractivity contribution in [3.8, 4) is 10.8 Å². The highest BCUT2D eigenvalue weighted by molar-refractivity contribution is 7.13. The van der Waals surface area contributed by atoms with Gasteiger partial charge in [-0.3, -0.25) is 9.59 Å². The third-order valence-electron chi connectivity index (χ3n) is 4.49. The number of fused-ring (bicyclic) bond motifs is 1. The summed E-state index contributed by atoms with van der Waals surface area (Å²) < 4.78 is 6.32. The molecule has 0 aliphatic heterocycles. The summed E-state index contributed by atoms with van der Waals surface area (Å²) in [5.74, 6) is -1.19. The molecule has 10 heteroatoms. The van der Waals surface area contributed by atoms with Gasteiger partial charge in [0.05, 0.1) is 28.4 Å². The largest absolute Gasteiger partial charge is 0.437 e. The van der Waals surface area contributed by atoms with Gasteiger partial charge in [0, 0.05) is 11.9 Å². The van der Waals surface area contributed by atoms with E-state index in [4.69, 9.17) is 4.42 Å². The van der Waals surface area contributed by atoms with Crippen LogP contribution >= 0.6 is 11.3 Å². The fraction of sp³-hybridized carbons (Fsp3) is 0.211. The lowest BCUT2D eigenvalue weighted by Crippen LogP contribution is -2.33. The van der Waals surface area contributed by atoms with Gasteiger partial charge in [0.1, 0.15) is 0 Å². The second-order valence-corrected chi connectivity index (χ2v) is 7.32. The number of carbonyl (C=O) groups is 1. The molecular weight excluding hydrogens is 394 g/mol. The van der Waals surface area contributed by atoms with Gasteiger partial charge in [0.25, 0.3) is 11.4 Å². The van der Waals surface area contributed by atoms with E-state index in [1.54, 1.807) is 31.2 Å². The molecule has 1 atom stereocenters. The minimum Gasteiger partial charge on any atom is -0.387 e. The van der Waals surface area contributed by atoms with Crippen molar-refractivity contribution in [3.05, 3.63) is 68.4 Å². The van der Waals surface area contributed by atoms with Crippen molar-refractivity contribution < 1.29 is 9.21 Å². The van der Waals surface area contributed by atoms with Gasteiger partial charge in [-0.25, -0.2) is 9.89 Å². The third kappa shape index (κ3) is 3.74. The van der Waals surface area contributed by atoms with Crippen LogP contribution in [0.2, 0.25) is 0 Å². The molecular formula is C19H17N5O4S. The van der Waals surface area contributed by atoms with Crippen LogP contribution in [0.1, 0.15) is 18.5 Å². The fourth-order valence-electron chi connectivity index (χ4n) is 2.98. The number of amides is 1. The molecule has 4 rings (SSSR count). The summed E-state index contributed by atoms with van der Waals surface area (Å²) in [5, 5.41) is 16.4. The van der Waals surface area contributed by atoms with Crippen molar-refractivity contribution in [2.45, 2.75) is 19.4 Å². The summed E-state index contributed by atoms with van der Waals surface area (Å²) >= 11 is 1.42. The van der Waals surface area contributed by atoms with Crippen molar-refractivity contribution in [1.82, 2.24) is 25.3 Å². The van der Waals surface area contributed by atoms with Crippen LogP contribution < -0.4 is 16.6 Å². The van der Waals surface area contributed by atoms with Gasteiger partial charge >= 0.3 is 5.76 Å². The number of carbonyl (C=O) groups excluding carboxylic acids is 1. The van der Waals surface area contributed by atoms with Gasteiger partial charge < -0.3 is 9.73 Å². The minimum atomic E-state index is -0.590. The van der Waals surface area contributed by atoms with Crippen molar-refractivity contribution in [3.63, 3.8) is 0 Å². The Morgan fingerprint density at radius 2 is 2.03 bits per heavy atom. The van der Waals surface area contributed by atoms with Crippen LogP contribution in [-0.2, 0) is 11.3 Å². The summed E-state index contributed by atoms with van der Waals surface area (Å²) in [6.07, 6.45) is 0. The van der Waals surface area contributed by atoms with Crippen LogP contribution in [0, 0.1) is 0 Å². The van der Waals surface area contributed by atoms with E-state index < -0.39 is 11.7 Å². The molecule has 0 aliphatic carbocycles. The third-order valence-corrected chi connectivity index (χ3v) is 5.35. The number of H-pyrrole nitrogens is 1. The van der Waals surface area contributed by atoms with Gasteiger partial charge in [-0.05, 0) is 24.4 Å². The second kappa shape index (κ2) is 7.84. The van der Waals surface area contributed by atoms with Crippen LogP contribution in [0.4, 0.5) is 0 Å². The first-order valence-corrected chi connectivity index (χ1v) is 9.79. The monoisotopic (exact) mass is 411 g/mol. The predicted octanol–water partition coefficient (Wildman–Crippen LogP) is 1.72. The quantitative estimate of drug-likeness (QED) is 0.498. The maximum Gasteiger partial charge on any atom is 0.437 e. The molecule has 0 bridgehead atoms. The number of rotatable bonds is 6. The van der Waals surface area contributed by atoms with E-state index in [9.17, 15) is 14.4 Å². The van der Waals surface area contributed by atoms with Crippen molar-refractivity contribution >= 4 is 28.0 Å². The molecule has 1 amide bonds. The number of thiophene rings is 1. The Bertz CT molecular complexity index is 1270. The SMILES string of the molecule is CC(C(=O)NCCn1nc(-c2cccs2)oc1=O)c1n[nH]c(=O)c2ccccc12. The number of hydrogen-bond acceptors (Lipinski definition) is 7. The second-order valence-electron chi connectivity index (χ2n) is 6.37. The van der Waals surface area contributed by atoms with E-state index in [1.165, 1.54) is 16.0 Å². The molecule has 0 fully saturated rings. The number of nitrogens with zero attached hydrogens (tertiary/aromatic N) is 3. The summed E-state index contributed by atoms with van der Waals surface area (Å²) in [6.45, 7) is 2.08. The van der Waals surface area contributed by atoms with Gasteiger partial charge in [-0.1, -0.05) is 24.3 Å². The van der Waals surface area contributed by atoms with Crippen molar-refractivity contribution in [1.29, 1.82) is 0 Å². The highest BCUT2D eigenvalue weighted by Gasteiger charge is 2.20. The Hall–Kier alpha value is -3.53. The fourth-order valence-corrected chi connectivity index (χ4v) is 3.62. The van der Waals surface area contributed by atoms with E-state index in [0.29, 0.717) is 16.5 Å². The first-order chi connectivity index (χ1) is 14.0. The van der Waals surface area contributed by atoms with Crippen LogP contribution in [0.3, 0.4) is 0 Å². The molecule has 0 aliphatic rings. The number of benzene rings is 1. The van der Waals surface area contributed by atoms with E-state index >= 15 is 0 Å². The Balaban J connectivity index is 1.44. The lowest BCUT2D eigenvalue weighted by molar-refractivity contribution is -0.122. The van der Waals surface area contributed by atoms with Crippen molar-refractivity contribution in [2.24, 2.45) is 0 Å². The normalized spacial score (nSPS) is 12.2. The molecule has 4 aromatic rings. The highest BCUT2D eigenvalue weighted by atomic mass is 32.1. The number of aromatic nitrogens is 4. The molecule has 0 saturated carbocycles. The smallest absolute Gasteiger partial charge is 0.387 e. The van der Waals surface area contributed by atoms with E-state index in [0.717, 1.165) is 4.88 Å². The Kier molecular flexibility index (Phi) is 5.09. The average Bonchev–Trinajstić information content (AvgIpc) is 3.38. The van der Waals surface area contributed by atoms with Crippen LogP contribution in [0.5, 0.6) is 0 Å². The van der Waals surface area contributed by atoms with Gasteiger partial charge in [-0.15, -0.1) is 16.4 Å². The lowest BCUT2D eigenvalue weighted by atomic mass is 10.0. The molecule has 0 saturated heterocycles. The molecule has 3 aromatic heterocycles. The first-order valence-electron chi connectivity index (χ1n) is 8.91. The average molecular weight is 411 g/mol. The van der Waals surface area contributed by atoms with Crippen molar-refractivity contribution in [2.75, 3.05) is 6.54 Å². The van der Waals surface area contributed by atoms with Crippen LogP contribution in [-0.4, -0.2) is 32.4 Å². The summed E-state index contributed by atoms with van der Waals surface area (Å²) in [6, 6.07) is 10.6. The topological polar surface area (TPSA) is 123 Å². The molecule has 0 spiro atoms. The number of nitrogens with one attached hydrogen (secondary N) is 2. The molecule has 2 N–H and O–H groups in total. The summed E-state index contributed by atoms with van der Waals surface area (Å²) in [4.78, 5) is 37.2. The zero-order chi connectivity index (χ0) is 20.4. The molecule has 29 heavy (non-hydrogen) atoms. The van der Waals surface area contributed by atoms with E-state index in [-0.39, 0.29) is 30.4 Å². The lowest BCUT2D eigenvalue weighted by Gasteiger charge is -2.13. The maximum atomic E-state index is 12.6. The van der Waals surface area contributed by atoms with Gasteiger partial charge in [-0.2, -0.15) is 9.78 Å². The maximum absolute atomic E-state index is 12.6. The molecule has 1 aromatic carbocycles. The van der Waals surface area contributed by atoms with Gasteiger partial charge in [0.2, 0.25) is 5.91 Å². The molecule has 9 nitrogen and oxygen atoms in total. The predicted molar refractivity (Wildman–Crippen MR) is 108 cm³/mol.